The Hall–Kier alpha value is -1.33. The predicted octanol–water partition coefficient (Wildman–Crippen LogP) is 3.37. The zero-order chi connectivity index (χ0) is 16.0. The maximum absolute atomic E-state index is 12.3. The molecule has 0 aliphatic rings. The highest BCUT2D eigenvalue weighted by atomic mass is 32.2. The molecular formula is C16H25NO3S. The van der Waals surface area contributed by atoms with Gasteiger partial charge in [0.05, 0.1) is 30.0 Å². The van der Waals surface area contributed by atoms with Crippen LogP contribution < -0.4 is 14.2 Å². The van der Waals surface area contributed by atoms with E-state index < -0.39 is 11.0 Å². The van der Waals surface area contributed by atoms with E-state index in [0.29, 0.717) is 17.9 Å². The molecule has 1 aromatic rings. The summed E-state index contributed by atoms with van der Waals surface area (Å²) >= 11 is 0. The molecule has 1 unspecified atom stereocenters. The second-order valence-electron chi connectivity index (χ2n) is 5.69. The van der Waals surface area contributed by atoms with E-state index in [9.17, 15) is 4.21 Å². The lowest BCUT2D eigenvalue weighted by molar-refractivity contribution is 0.354. The Kier molecular flexibility index (Phi) is 6.42. The third-order valence-electron chi connectivity index (χ3n) is 3.02. The third-order valence-corrected chi connectivity index (χ3v) is 4.63. The average molecular weight is 311 g/mol. The number of rotatable bonds is 7. The minimum Gasteiger partial charge on any atom is -0.493 e. The summed E-state index contributed by atoms with van der Waals surface area (Å²) < 4.78 is 25.7. The van der Waals surface area contributed by atoms with Crippen LogP contribution in [0.15, 0.2) is 30.9 Å². The van der Waals surface area contributed by atoms with E-state index in [1.165, 1.54) is 0 Å². The molecule has 0 saturated carbocycles. The molecule has 2 atom stereocenters. The van der Waals surface area contributed by atoms with Gasteiger partial charge in [0.2, 0.25) is 0 Å². The zero-order valence-corrected chi connectivity index (χ0v) is 14.3. The van der Waals surface area contributed by atoms with Gasteiger partial charge in [-0.1, -0.05) is 12.1 Å². The van der Waals surface area contributed by atoms with Crippen molar-refractivity contribution in [2.75, 3.05) is 14.2 Å². The van der Waals surface area contributed by atoms with E-state index in [1.54, 1.807) is 14.2 Å². The van der Waals surface area contributed by atoms with Crippen LogP contribution in [-0.2, 0) is 11.0 Å². The summed E-state index contributed by atoms with van der Waals surface area (Å²) in [4.78, 5) is 0. The first-order chi connectivity index (χ1) is 9.83. The Labute approximate surface area is 130 Å². The SMILES string of the molecule is C=CC[C@@H](NS(=O)C(C)(C)C)c1ccc(OC)c(OC)c1. The molecule has 5 heteroatoms. The van der Waals surface area contributed by atoms with Crippen LogP contribution in [0.4, 0.5) is 0 Å². The van der Waals surface area contributed by atoms with Crippen molar-refractivity contribution >= 4 is 11.0 Å². The van der Waals surface area contributed by atoms with Crippen molar-refractivity contribution in [3.05, 3.63) is 36.4 Å². The average Bonchev–Trinajstić information content (AvgIpc) is 2.44. The smallest absolute Gasteiger partial charge is 0.161 e. The van der Waals surface area contributed by atoms with Crippen molar-refractivity contribution < 1.29 is 13.7 Å². The van der Waals surface area contributed by atoms with E-state index in [1.807, 2.05) is 45.0 Å². The normalized spacial score (nSPS) is 14.3. The molecule has 0 aliphatic heterocycles. The molecule has 0 radical (unpaired) electrons. The number of methoxy groups -OCH3 is 2. The molecule has 0 fully saturated rings. The molecule has 0 aromatic heterocycles. The molecule has 0 spiro atoms. The first-order valence-corrected chi connectivity index (χ1v) is 7.99. The summed E-state index contributed by atoms with van der Waals surface area (Å²) in [5.74, 6) is 1.34. The lowest BCUT2D eigenvalue weighted by Gasteiger charge is -2.24. The molecule has 1 aromatic carbocycles. The number of benzene rings is 1. The Balaban J connectivity index is 3.05. The Morgan fingerprint density at radius 3 is 2.38 bits per heavy atom. The van der Waals surface area contributed by atoms with Crippen molar-refractivity contribution in [1.82, 2.24) is 4.72 Å². The van der Waals surface area contributed by atoms with Crippen molar-refractivity contribution in [3.8, 4) is 11.5 Å². The van der Waals surface area contributed by atoms with Gasteiger partial charge >= 0.3 is 0 Å². The minimum atomic E-state index is -1.15. The van der Waals surface area contributed by atoms with Gasteiger partial charge in [-0.25, -0.2) is 8.93 Å². The molecule has 0 amide bonds. The van der Waals surface area contributed by atoms with Gasteiger partial charge < -0.3 is 9.47 Å². The fourth-order valence-electron chi connectivity index (χ4n) is 1.79. The number of nitrogens with one attached hydrogen (secondary N) is 1. The summed E-state index contributed by atoms with van der Waals surface area (Å²) in [6.07, 6.45) is 2.49. The van der Waals surface area contributed by atoms with Crippen LogP contribution in [0.2, 0.25) is 0 Å². The van der Waals surface area contributed by atoms with Gasteiger partial charge in [0, 0.05) is 6.04 Å². The zero-order valence-electron chi connectivity index (χ0n) is 13.4. The molecule has 0 aliphatic carbocycles. The summed E-state index contributed by atoms with van der Waals surface area (Å²) in [7, 11) is 2.05. The van der Waals surface area contributed by atoms with Crippen LogP contribution in [-0.4, -0.2) is 23.2 Å². The number of hydrogen-bond donors (Lipinski definition) is 1. The van der Waals surface area contributed by atoms with Crippen LogP contribution in [0.3, 0.4) is 0 Å². The van der Waals surface area contributed by atoms with E-state index in [-0.39, 0.29) is 10.8 Å². The largest absolute Gasteiger partial charge is 0.493 e. The molecular weight excluding hydrogens is 286 g/mol. The Morgan fingerprint density at radius 2 is 1.90 bits per heavy atom. The minimum absolute atomic E-state index is 0.0811. The van der Waals surface area contributed by atoms with Crippen LogP contribution >= 0.6 is 0 Å². The summed E-state index contributed by atoms with van der Waals surface area (Å²) in [5.41, 5.74) is 0.991. The first kappa shape index (κ1) is 17.7. The molecule has 0 heterocycles. The third kappa shape index (κ3) is 4.86. The van der Waals surface area contributed by atoms with Crippen molar-refractivity contribution in [2.45, 2.75) is 38.0 Å². The van der Waals surface area contributed by atoms with Gasteiger partial charge in [0.1, 0.15) is 0 Å². The highest BCUT2D eigenvalue weighted by molar-refractivity contribution is 7.84. The molecule has 0 saturated heterocycles. The summed E-state index contributed by atoms with van der Waals surface area (Å²) in [6.45, 7) is 9.60. The van der Waals surface area contributed by atoms with E-state index in [0.717, 1.165) is 5.56 Å². The van der Waals surface area contributed by atoms with Gasteiger partial charge in [-0.3, -0.25) is 0 Å². The number of ether oxygens (including phenoxy) is 2. The van der Waals surface area contributed by atoms with E-state index >= 15 is 0 Å². The van der Waals surface area contributed by atoms with Crippen molar-refractivity contribution in [3.63, 3.8) is 0 Å². The van der Waals surface area contributed by atoms with E-state index in [2.05, 4.69) is 11.3 Å². The predicted molar refractivity (Wildman–Crippen MR) is 88.1 cm³/mol. The van der Waals surface area contributed by atoms with Gasteiger partial charge in [0.25, 0.3) is 0 Å². The van der Waals surface area contributed by atoms with Crippen LogP contribution in [0.5, 0.6) is 11.5 Å². The van der Waals surface area contributed by atoms with Crippen molar-refractivity contribution in [1.29, 1.82) is 0 Å². The lowest BCUT2D eigenvalue weighted by Crippen LogP contribution is -2.35. The first-order valence-electron chi connectivity index (χ1n) is 6.84. The van der Waals surface area contributed by atoms with Crippen LogP contribution in [0, 0.1) is 0 Å². The van der Waals surface area contributed by atoms with Crippen LogP contribution in [0.25, 0.3) is 0 Å². The van der Waals surface area contributed by atoms with Gasteiger partial charge in [0.15, 0.2) is 11.5 Å². The molecule has 118 valence electrons. The highest BCUT2D eigenvalue weighted by Gasteiger charge is 2.23. The summed E-state index contributed by atoms with van der Waals surface area (Å²) in [6, 6.07) is 5.62. The molecule has 1 N–H and O–H groups in total. The topological polar surface area (TPSA) is 47.6 Å². The quantitative estimate of drug-likeness (QED) is 0.785. The summed E-state index contributed by atoms with van der Waals surface area (Å²) in [5, 5.41) is 0. The van der Waals surface area contributed by atoms with E-state index in [4.69, 9.17) is 9.47 Å². The Morgan fingerprint density at radius 1 is 1.29 bits per heavy atom. The molecule has 21 heavy (non-hydrogen) atoms. The maximum Gasteiger partial charge on any atom is 0.161 e. The fraction of sp³-hybridized carbons (Fsp3) is 0.500. The van der Waals surface area contributed by atoms with Crippen LogP contribution in [0.1, 0.15) is 38.8 Å². The molecule has 1 rings (SSSR count). The van der Waals surface area contributed by atoms with Gasteiger partial charge in [-0.05, 0) is 44.9 Å². The highest BCUT2D eigenvalue weighted by Crippen LogP contribution is 2.31. The second kappa shape index (κ2) is 7.61. The molecule has 0 bridgehead atoms. The van der Waals surface area contributed by atoms with Gasteiger partial charge in [-0.2, -0.15) is 0 Å². The van der Waals surface area contributed by atoms with Crippen molar-refractivity contribution in [2.24, 2.45) is 0 Å². The molecule has 4 nitrogen and oxygen atoms in total. The Bertz CT molecular complexity index is 509. The standard InChI is InChI=1S/C16H25NO3S/c1-7-8-13(17-21(18)16(2,3)4)12-9-10-14(19-5)15(11-12)20-6/h7,9-11,13,17H,1,8H2,2-6H3/t13-,21?/m1/s1. The van der Waals surface area contributed by atoms with Gasteiger partial charge in [-0.15, -0.1) is 6.58 Å². The fourth-order valence-corrected chi connectivity index (χ4v) is 2.64. The number of hydrogen-bond acceptors (Lipinski definition) is 3. The second-order valence-corrected chi connectivity index (χ2v) is 7.69. The lowest BCUT2D eigenvalue weighted by atomic mass is 10.0. The maximum atomic E-state index is 12.3. The monoisotopic (exact) mass is 311 g/mol.